The molecule has 1 aliphatic heterocycles. The van der Waals surface area contributed by atoms with Gasteiger partial charge in [-0.1, -0.05) is 0 Å². The highest BCUT2D eigenvalue weighted by Gasteiger charge is 2.29. The van der Waals surface area contributed by atoms with E-state index in [9.17, 15) is 14.5 Å². The molecule has 1 aromatic rings. The van der Waals surface area contributed by atoms with Crippen molar-refractivity contribution >= 4 is 5.69 Å². The molecule has 1 fully saturated rings. The van der Waals surface area contributed by atoms with Crippen LogP contribution < -0.4 is 5.32 Å². The van der Waals surface area contributed by atoms with Crippen LogP contribution in [0, 0.1) is 15.9 Å². The van der Waals surface area contributed by atoms with Gasteiger partial charge in [-0.15, -0.1) is 0 Å². The van der Waals surface area contributed by atoms with Crippen LogP contribution in [0.15, 0.2) is 18.2 Å². The Morgan fingerprint density at radius 2 is 2.31 bits per heavy atom. The van der Waals surface area contributed by atoms with E-state index in [0.29, 0.717) is 12.1 Å². The van der Waals surface area contributed by atoms with Gasteiger partial charge >= 0.3 is 0 Å². The molecular formula is C8H7FN2O2. The Hall–Kier alpha value is -1.49. The standard InChI is InChI=1S/C8H7FN2O2/c9-5-1-2-8(11(12)13)6(3-5)7-4-10-7/h1-3,7,10H,4H2. The van der Waals surface area contributed by atoms with Crippen molar-refractivity contribution in [1.29, 1.82) is 0 Å². The molecule has 0 aliphatic carbocycles. The fraction of sp³-hybridized carbons (Fsp3) is 0.250. The van der Waals surface area contributed by atoms with E-state index in [4.69, 9.17) is 0 Å². The predicted molar refractivity (Wildman–Crippen MR) is 43.8 cm³/mol. The molecule has 0 spiro atoms. The molecule has 68 valence electrons. The molecule has 13 heavy (non-hydrogen) atoms. The summed E-state index contributed by atoms with van der Waals surface area (Å²) in [4.78, 5) is 10.0. The van der Waals surface area contributed by atoms with Crippen LogP contribution in [0.2, 0.25) is 0 Å². The van der Waals surface area contributed by atoms with Gasteiger partial charge in [0.25, 0.3) is 5.69 Å². The molecule has 0 aromatic heterocycles. The van der Waals surface area contributed by atoms with Crippen molar-refractivity contribution in [2.45, 2.75) is 6.04 Å². The number of rotatable bonds is 2. The first-order valence-corrected chi connectivity index (χ1v) is 3.85. The SMILES string of the molecule is O=[N+]([O-])c1ccc(F)cc1C1CN1. The fourth-order valence-corrected chi connectivity index (χ4v) is 1.25. The Morgan fingerprint density at radius 1 is 1.62 bits per heavy atom. The van der Waals surface area contributed by atoms with E-state index in [1.54, 1.807) is 0 Å². The van der Waals surface area contributed by atoms with Gasteiger partial charge in [0, 0.05) is 12.6 Å². The van der Waals surface area contributed by atoms with Crippen molar-refractivity contribution in [3.8, 4) is 0 Å². The molecule has 0 bridgehead atoms. The van der Waals surface area contributed by atoms with Crippen molar-refractivity contribution in [2.75, 3.05) is 6.54 Å². The smallest absolute Gasteiger partial charge is 0.274 e. The average molecular weight is 182 g/mol. The Morgan fingerprint density at radius 3 is 2.85 bits per heavy atom. The quantitative estimate of drug-likeness (QED) is 0.427. The number of halogens is 1. The summed E-state index contributed by atoms with van der Waals surface area (Å²) < 4.78 is 12.7. The van der Waals surface area contributed by atoms with E-state index in [1.165, 1.54) is 12.1 Å². The van der Waals surface area contributed by atoms with E-state index >= 15 is 0 Å². The molecule has 1 heterocycles. The van der Waals surface area contributed by atoms with Crippen LogP contribution in [0.4, 0.5) is 10.1 Å². The first-order valence-electron chi connectivity index (χ1n) is 3.85. The maximum atomic E-state index is 12.7. The summed E-state index contributed by atoms with van der Waals surface area (Å²) >= 11 is 0. The van der Waals surface area contributed by atoms with Gasteiger partial charge in [-0.05, 0) is 12.1 Å². The summed E-state index contributed by atoms with van der Waals surface area (Å²) in [5.41, 5.74) is 0.418. The third-order valence-corrected chi connectivity index (χ3v) is 1.97. The van der Waals surface area contributed by atoms with Crippen molar-refractivity contribution < 1.29 is 9.31 Å². The van der Waals surface area contributed by atoms with Gasteiger partial charge < -0.3 is 5.32 Å². The molecule has 1 aromatic carbocycles. The maximum Gasteiger partial charge on any atom is 0.274 e. The normalized spacial score (nSPS) is 19.9. The number of nitrogens with one attached hydrogen (secondary N) is 1. The minimum Gasteiger partial charge on any atom is -0.307 e. The molecule has 1 atom stereocenters. The lowest BCUT2D eigenvalue weighted by atomic mass is 10.1. The number of nitrogens with zero attached hydrogens (tertiary/aromatic N) is 1. The molecule has 1 saturated heterocycles. The molecule has 0 saturated carbocycles. The topological polar surface area (TPSA) is 65.1 Å². The molecule has 0 amide bonds. The second kappa shape index (κ2) is 2.77. The molecule has 0 radical (unpaired) electrons. The highest BCUT2D eigenvalue weighted by Crippen LogP contribution is 2.30. The van der Waals surface area contributed by atoms with Gasteiger partial charge in [0.15, 0.2) is 0 Å². The lowest BCUT2D eigenvalue weighted by Gasteiger charge is -1.99. The summed E-state index contributed by atoms with van der Waals surface area (Å²) in [6, 6.07) is 3.47. The van der Waals surface area contributed by atoms with Crippen molar-refractivity contribution in [2.24, 2.45) is 0 Å². The zero-order valence-electron chi connectivity index (χ0n) is 6.66. The molecular weight excluding hydrogens is 175 g/mol. The number of benzene rings is 1. The average Bonchev–Trinajstić information content (AvgIpc) is 2.85. The van der Waals surface area contributed by atoms with E-state index in [2.05, 4.69) is 5.32 Å². The van der Waals surface area contributed by atoms with Gasteiger partial charge in [-0.3, -0.25) is 10.1 Å². The van der Waals surface area contributed by atoms with Crippen LogP contribution in [0.5, 0.6) is 0 Å². The van der Waals surface area contributed by atoms with E-state index in [-0.39, 0.29) is 11.7 Å². The molecule has 1 unspecified atom stereocenters. The molecule has 4 nitrogen and oxygen atoms in total. The van der Waals surface area contributed by atoms with Crippen LogP contribution in [0.25, 0.3) is 0 Å². The van der Waals surface area contributed by atoms with Crippen molar-refractivity contribution in [3.63, 3.8) is 0 Å². The number of hydrogen-bond donors (Lipinski definition) is 1. The summed E-state index contributed by atoms with van der Waals surface area (Å²) in [7, 11) is 0. The van der Waals surface area contributed by atoms with Gasteiger partial charge in [0.1, 0.15) is 5.82 Å². The van der Waals surface area contributed by atoms with Crippen molar-refractivity contribution in [1.82, 2.24) is 5.32 Å². The van der Waals surface area contributed by atoms with Crippen LogP contribution in [-0.2, 0) is 0 Å². The number of nitro benzene ring substituents is 1. The highest BCUT2D eigenvalue weighted by atomic mass is 19.1. The van der Waals surface area contributed by atoms with Crippen molar-refractivity contribution in [3.05, 3.63) is 39.7 Å². The van der Waals surface area contributed by atoms with Gasteiger partial charge in [-0.25, -0.2) is 4.39 Å². The second-order valence-corrected chi connectivity index (χ2v) is 2.92. The summed E-state index contributed by atoms with van der Waals surface area (Å²) in [6.07, 6.45) is 0. The Kier molecular flexibility index (Phi) is 1.73. The molecule has 1 aliphatic rings. The lowest BCUT2D eigenvalue weighted by Crippen LogP contribution is -1.96. The summed E-state index contributed by atoms with van der Waals surface area (Å²) in [5, 5.41) is 13.4. The summed E-state index contributed by atoms with van der Waals surface area (Å²) in [5.74, 6) is -0.436. The Balaban J connectivity index is 2.47. The third kappa shape index (κ3) is 1.50. The van der Waals surface area contributed by atoms with Gasteiger partial charge in [-0.2, -0.15) is 0 Å². The maximum absolute atomic E-state index is 12.7. The van der Waals surface area contributed by atoms with Gasteiger partial charge in [0.05, 0.1) is 16.5 Å². The third-order valence-electron chi connectivity index (χ3n) is 1.97. The Bertz CT molecular complexity index is 363. The minimum absolute atomic E-state index is 0.0172. The van der Waals surface area contributed by atoms with Crippen LogP contribution in [-0.4, -0.2) is 11.5 Å². The predicted octanol–water partition coefficient (Wildman–Crippen LogP) is 1.38. The number of hydrogen-bond acceptors (Lipinski definition) is 3. The van der Waals surface area contributed by atoms with E-state index in [0.717, 1.165) is 6.07 Å². The highest BCUT2D eigenvalue weighted by molar-refractivity contribution is 5.44. The largest absolute Gasteiger partial charge is 0.307 e. The van der Waals surface area contributed by atoms with Crippen LogP contribution in [0.3, 0.4) is 0 Å². The lowest BCUT2D eigenvalue weighted by molar-refractivity contribution is -0.385. The monoisotopic (exact) mass is 182 g/mol. The minimum atomic E-state index is -0.491. The van der Waals surface area contributed by atoms with E-state index < -0.39 is 10.7 Å². The number of nitro groups is 1. The first-order chi connectivity index (χ1) is 6.18. The fourth-order valence-electron chi connectivity index (χ4n) is 1.25. The Labute approximate surface area is 73.5 Å². The molecule has 2 rings (SSSR count). The summed E-state index contributed by atoms with van der Waals surface area (Å²) in [6.45, 7) is 0.685. The van der Waals surface area contributed by atoms with Gasteiger partial charge in [0.2, 0.25) is 0 Å². The first kappa shape index (κ1) is 8.12. The second-order valence-electron chi connectivity index (χ2n) is 2.92. The van der Waals surface area contributed by atoms with Crippen LogP contribution in [0.1, 0.15) is 11.6 Å². The van der Waals surface area contributed by atoms with E-state index in [1.807, 2.05) is 0 Å². The molecule has 5 heteroatoms. The van der Waals surface area contributed by atoms with Crippen LogP contribution >= 0.6 is 0 Å². The zero-order chi connectivity index (χ0) is 9.42. The zero-order valence-corrected chi connectivity index (χ0v) is 6.66. The molecule has 1 N–H and O–H groups in total.